The number of aliphatic hydroxyl groups excluding tert-OH is 1. The van der Waals surface area contributed by atoms with Crippen molar-refractivity contribution >= 4 is 21.6 Å². The first-order valence-electron chi connectivity index (χ1n) is 6.44. The second-order valence-electron chi connectivity index (χ2n) is 5.81. The average molecular weight is 331 g/mol. The number of aliphatic hydroxyl groups is 1. The Labute approximate surface area is 130 Å². The summed E-state index contributed by atoms with van der Waals surface area (Å²) in [6.07, 6.45) is 0.312. The standard InChI is InChI=1S/C14H19ClN2O3S/c1-14(2,3)13(6-7-18)17-21(19,20)11-5-4-10(9-16)12(15)8-11/h4-5,8,13,17-18H,6-7H2,1-3H3. The Kier molecular flexibility index (Phi) is 5.76. The molecule has 1 aromatic rings. The number of hydrogen-bond donors (Lipinski definition) is 2. The van der Waals surface area contributed by atoms with E-state index in [-0.39, 0.29) is 27.5 Å². The van der Waals surface area contributed by atoms with Crippen LogP contribution in [-0.2, 0) is 10.0 Å². The number of rotatable bonds is 5. The molecule has 1 atom stereocenters. The highest BCUT2D eigenvalue weighted by Gasteiger charge is 2.29. The molecule has 0 fully saturated rings. The minimum absolute atomic E-state index is 0.00121. The molecule has 5 nitrogen and oxygen atoms in total. The lowest BCUT2D eigenvalue weighted by Gasteiger charge is -2.30. The molecule has 1 unspecified atom stereocenters. The molecule has 1 rings (SSSR count). The summed E-state index contributed by atoms with van der Waals surface area (Å²) in [5.74, 6) is 0. The molecule has 116 valence electrons. The third-order valence-corrected chi connectivity index (χ3v) is 4.91. The maximum Gasteiger partial charge on any atom is 0.240 e. The van der Waals surface area contributed by atoms with Gasteiger partial charge in [-0.25, -0.2) is 13.1 Å². The Morgan fingerprint density at radius 2 is 2.05 bits per heavy atom. The van der Waals surface area contributed by atoms with E-state index < -0.39 is 16.1 Å². The molecule has 0 spiro atoms. The first-order valence-corrected chi connectivity index (χ1v) is 8.31. The summed E-state index contributed by atoms with van der Waals surface area (Å²) >= 11 is 5.87. The fourth-order valence-electron chi connectivity index (χ4n) is 1.81. The summed E-state index contributed by atoms with van der Waals surface area (Å²) in [4.78, 5) is -0.00121. The highest BCUT2D eigenvalue weighted by molar-refractivity contribution is 7.89. The Hall–Kier alpha value is -1.13. The molecular formula is C14H19ClN2O3S. The van der Waals surface area contributed by atoms with Crippen molar-refractivity contribution in [2.45, 2.75) is 38.1 Å². The Balaban J connectivity index is 3.11. The molecule has 0 aliphatic carbocycles. The van der Waals surface area contributed by atoms with Crippen molar-refractivity contribution in [1.82, 2.24) is 4.72 Å². The van der Waals surface area contributed by atoms with Gasteiger partial charge in [-0.15, -0.1) is 0 Å². The third-order valence-electron chi connectivity index (χ3n) is 3.13. The van der Waals surface area contributed by atoms with Crippen LogP contribution in [0, 0.1) is 16.7 Å². The summed E-state index contributed by atoms with van der Waals surface area (Å²) in [6, 6.07) is 5.42. The van der Waals surface area contributed by atoms with Gasteiger partial charge in [0.15, 0.2) is 0 Å². The molecule has 1 aromatic carbocycles. The van der Waals surface area contributed by atoms with Crippen molar-refractivity contribution < 1.29 is 13.5 Å². The van der Waals surface area contributed by atoms with E-state index in [9.17, 15) is 8.42 Å². The van der Waals surface area contributed by atoms with E-state index in [2.05, 4.69) is 4.72 Å². The Morgan fingerprint density at radius 3 is 2.48 bits per heavy atom. The quantitative estimate of drug-likeness (QED) is 0.866. The number of sulfonamides is 1. The van der Waals surface area contributed by atoms with E-state index in [1.165, 1.54) is 18.2 Å². The van der Waals surface area contributed by atoms with E-state index in [1.807, 2.05) is 26.8 Å². The molecule has 0 bridgehead atoms. The van der Waals surface area contributed by atoms with E-state index in [1.54, 1.807) is 0 Å². The van der Waals surface area contributed by atoms with Crippen molar-refractivity contribution in [3.8, 4) is 6.07 Å². The van der Waals surface area contributed by atoms with E-state index in [4.69, 9.17) is 22.0 Å². The van der Waals surface area contributed by atoms with Gasteiger partial charge >= 0.3 is 0 Å². The minimum Gasteiger partial charge on any atom is -0.396 e. The molecule has 0 amide bonds. The summed E-state index contributed by atoms with van der Waals surface area (Å²) in [5, 5.41) is 18.0. The number of nitrogens with zero attached hydrogens (tertiary/aromatic N) is 1. The lowest BCUT2D eigenvalue weighted by molar-refractivity contribution is 0.214. The van der Waals surface area contributed by atoms with Gasteiger partial charge in [0.2, 0.25) is 10.0 Å². The Bertz CT molecular complexity index is 645. The molecule has 2 N–H and O–H groups in total. The van der Waals surface area contributed by atoms with Gasteiger partial charge in [0.1, 0.15) is 6.07 Å². The Morgan fingerprint density at radius 1 is 1.43 bits per heavy atom. The molecule has 0 aromatic heterocycles. The van der Waals surface area contributed by atoms with Crippen LogP contribution < -0.4 is 4.72 Å². The number of nitriles is 1. The van der Waals surface area contributed by atoms with Crippen molar-refractivity contribution in [3.05, 3.63) is 28.8 Å². The van der Waals surface area contributed by atoms with Crippen molar-refractivity contribution in [2.24, 2.45) is 5.41 Å². The van der Waals surface area contributed by atoms with Crippen LogP contribution in [0.4, 0.5) is 0 Å². The van der Waals surface area contributed by atoms with Gasteiger partial charge in [-0.1, -0.05) is 32.4 Å². The van der Waals surface area contributed by atoms with Crippen LogP contribution in [0.25, 0.3) is 0 Å². The number of hydrogen-bond acceptors (Lipinski definition) is 4. The van der Waals surface area contributed by atoms with Crippen LogP contribution in [0.5, 0.6) is 0 Å². The van der Waals surface area contributed by atoms with Crippen LogP contribution in [-0.4, -0.2) is 26.2 Å². The van der Waals surface area contributed by atoms with Gasteiger partial charge in [0, 0.05) is 12.6 Å². The maximum atomic E-state index is 12.4. The van der Waals surface area contributed by atoms with Crippen molar-refractivity contribution in [1.29, 1.82) is 5.26 Å². The van der Waals surface area contributed by atoms with Crippen LogP contribution in [0.3, 0.4) is 0 Å². The molecule has 0 aliphatic heterocycles. The topological polar surface area (TPSA) is 90.2 Å². The van der Waals surface area contributed by atoms with Crippen molar-refractivity contribution in [3.63, 3.8) is 0 Å². The zero-order chi connectivity index (χ0) is 16.3. The zero-order valence-corrected chi connectivity index (χ0v) is 13.8. The molecule has 0 saturated carbocycles. The molecule has 21 heavy (non-hydrogen) atoms. The minimum atomic E-state index is -3.77. The zero-order valence-electron chi connectivity index (χ0n) is 12.2. The second-order valence-corrected chi connectivity index (χ2v) is 7.93. The molecule has 7 heteroatoms. The first-order chi connectivity index (χ1) is 9.61. The predicted octanol–water partition coefficient (Wildman–Crippen LogP) is 2.29. The van der Waals surface area contributed by atoms with E-state index >= 15 is 0 Å². The van der Waals surface area contributed by atoms with Crippen LogP contribution in [0.1, 0.15) is 32.8 Å². The van der Waals surface area contributed by atoms with E-state index in [0.29, 0.717) is 6.42 Å². The van der Waals surface area contributed by atoms with Gasteiger partial charge in [-0.05, 0) is 30.0 Å². The lowest BCUT2D eigenvalue weighted by atomic mass is 9.86. The highest BCUT2D eigenvalue weighted by Crippen LogP contribution is 2.25. The summed E-state index contributed by atoms with van der Waals surface area (Å²) in [5.41, 5.74) is -0.120. The highest BCUT2D eigenvalue weighted by atomic mass is 35.5. The molecule has 0 aliphatic rings. The monoisotopic (exact) mass is 330 g/mol. The largest absolute Gasteiger partial charge is 0.396 e. The van der Waals surface area contributed by atoms with Crippen LogP contribution >= 0.6 is 11.6 Å². The maximum absolute atomic E-state index is 12.4. The fraction of sp³-hybridized carbons (Fsp3) is 0.500. The molecule has 0 saturated heterocycles. The molecule has 0 radical (unpaired) electrons. The summed E-state index contributed by atoms with van der Waals surface area (Å²) in [6.45, 7) is 5.56. The number of benzene rings is 1. The average Bonchev–Trinajstić information content (AvgIpc) is 2.36. The third kappa shape index (κ3) is 4.68. The van der Waals surface area contributed by atoms with Gasteiger partial charge < -0.3 is 5.11 Å². The fourth-order valence-corrected chi connectivity index (χ4v) is 3.60. The van der Waals surface area contributed by atoms with Gasteiger partial charge in [-0.2, -0.15) is 5.26 Å². The van der Waals surface area contributed by atoms with E-state index in [0.717, 1.165) is 0 Å². The number of nitrogens with one attached hydrogen (secondary N) is 1. The van der Waals surface area contributed by atoms with Gasteiger partial charge in [-0.3, -0.25) is 0 Å². The molecule has 0 heterocycles. The second kappa shape index (κ2) is 6.75. The lowest BCUT2D eigenvalue weighted by Crippen LogP contribution is -2.44. The predicted molar refractivity (Wildman–Crippen MR) is 81.4 cm³/mol. The first kappa shape index (κ1) is 17.9. The van der Waals surface area contributed by atoms with Crippen molar-refractivity contribution in [2.75, 3.05) is 6.61 Å². The molecular weight excluding hydrogens is 312 g/mol. The van der Waals surface area contributed by atoms with Crippen LogP contribution in [0.2, 0.25) is 5.02 Å². The van der Waals surface area contributed by atoms with Crippen LogP contribution in [0.15, 0.2) is 23.1 Å². The van der Waals surface area contributed by atoms with Gasteiger partial charge in [0.05, 0.1) is 15.5 Å². The smallest absolute Gasteiger partial charge is 0.240 e. The SMILES string of the molecule is CC(C)(C)C(CCO)NS(=O)(=O)c1ccc(C#N)c(Cl)c1. The van der Waals surface area contributed by atoms with Gasteiger partial charge in [0.25, 0.3) is 0 Å². The summed E-state index contributed by atoms with van der Waals surface area (Å²) in [7, 11) is -3.77. The summed E-state index contributed by atoms with van der Waals surface area (Å²) < 4.78 is 27.3. The number of halogens is 1. The normalized spacial score (nSPS) is 13.7.